The summed E-state index contributed by atoms with van der Waals surface area (Å²) < 4.78 is 13.0. The van der Waals surface area contributed by atoms with Crippen LogP contribution in [-0.4, -0.2) is 22.3 Å². The number of pyridine rings is 1. The maximum Gasteiger partial charge on any atom is 0.420 e. The summed E-state index contributed by atoms with van der Waals surface area (Å²) in [6.45, 7) is 3.29. The minimum atomic E-state index is -0.321. The molecule has 3 heterocycles. The van der Waals surface area contributed by atoms with Crippen molar-refractivity contribution < 1.29 is 9.15 Å². The van der Waals surface area contributed by atoms with Crippen LogP contribution in [0.4, 0.5) is 0 Å². The largest absolute Gasteiger partial charge is 0.420 e. The van der Waals surface area contributed by atoms with Gasteiger partial charge >= 0.3 is 5.76 Å². The molecule has 5 heteroatoms. The van der Waals surface area contributed by atoms with E-state index in [4.69, 9.17) is 9.15 Å². The number of rotatable bonds is 4. The van der Waals surface area contributed by atoms with Gasteiger partial charge < -0.3 is 9.15 Å². The third-order valence-corrected chi connectivity index (χ3v) is 5.79. The molecule has 0 aliphatic carbocycles. The van der Waals surface area contributed by atoms with Gasteiger partial charge in [0.2, 0.25) is 0 Å². The lowest BCUT2D eigenvalue weighted by Gasteiger charge is -2.22. The van der Waals surface area contributed by atoms with Crippen molar-refractivity contribution in [3.05, 3.63) is 77.0 Å². The second kappa shape index (κ2) is 7.92. The van der Waals surface area contributed by atoms with Gasteiger partial charge in [0.25, 0.3) is 0 Å². The molecule has 0 radical (unpaired) electrons. The molecule has 1 saturated heterocycles. The Morgan fingerprint density at radius 3 is 2.40 bits per heavy atom. The van der Waals surface area contributed by atoms with E-state index in [1.165, 1.54) is 0 Å². The van der Waals surface area contributed by atoms with E-state index in [1.807, 2.05) is 37.4 Å². The van der Waals surface area contributed by atoms with Crippen LogP contribution < -0.4 is 5.76 Å². The summed E-state index contributed by atoms with van der Waals surface area (Å²) in [4.78, 5) is 16.8. The first-order valence-corrected chi connectivity index (χ1v) is 10.5. The molecule has 4 aromatic rings. The molecule has 30 heavy (non-hydrogen) atoms. The molecule has 5 nitrogen and oxygen atoms in total. The molecule has 1 aliphatic heterocycles. The summed E-state index contributed by atoms with van der Waals surface area (Å²) in [6.07, 6.45) is 5.19. The molecule has 1 fully saturated rings. The van der Waals surface area contributed by atoms with Gasteiger partial charge in [0, 0.05) is 24.1 Å². The maximum atomic E-state index is 12.4. The standard InChI is InChI=1S/C25H24N2O3/c1-17-5-6-21(15-26-17)19-9-7-18(8-10-19)20-11-12-24-23(14-20)27(25(28)30-24)16-22-4-2-3-13-29-22/h5-12,14-15,22H,2-4,13,16H2,1H3. The molecule has 2 aromatic heterocycles. The molecular weight excluding hydrogens is 376 g/mol. The van der Waals surface area contributed by atoms with Crippen molar-refractivity contribution in [2.45, 2.75) is 38.8 Å². The smallest absolute Gasteiger partial charge is 0.408 e. The average molecular weight is 400 g/mol. The van der Waals surface area contributed by atoms with Crippen molar-refractivity contribution in [3.8, 4) is 22.3 Å². The highest BCUT2D eigenvalue weighted by molar-refractivity contribution is 5.81. The van der Waals surface area contributed by atoms with Crippen molar-refractivity contribution in [2.75, 3.05) is 6.61 Å². The first-order chi connectivity index (χ1) is 14.7. The SMILES string of the molecule is Cc1ccc(-c2ccc(-c3ccc4oc(=O)n(CC5CCCCO5)c4c3)cc2)cn1. The Hall–Kier alpha value is -3.18. The van der Waals surface area contributed by atoms with Gasteiger partial charge in [0.1, 0.15) is 0 Å². The van der Waals surface area contributed by atoms with Gasteiger partial charge in [-0.15, -0.1) is 0 Å². The fraction of sp³-hybridized carbons (Fsp3) is 0.280. The van der Waals surface area contributed by atoms with Gasteiger partial charge in [0.05, 0.1) is 18.2 Å². The van der Waals surface area contributed by atoms with E-state index in [0.717, 1.165) is 59.3 Å². The fourth-order valence-electron chi connectivity index (χ4n) is 4.06. The molecule has 0 spiro atoms. The Labute approximate surface area is 174 Å². The van der Waals surface area contributed by atoms with Crippen LogP contribution in [0.2, 0.25) is 0 Å². The highest BCUT2D eigenvalue weighted by Gasteiger charge is 2.18. The van der Waals surface area contributed by atoms with Gasteiger partial charge in [-0.1, -0.05) is 36.4 Å². The fourth-order valence-corrected chi connectivity index (χ4v) is 4.06. The van der Waals surface area contributed by atoms with Gasteiger partial charge in [0.15, 0.2) is 5.58 Å². The molecular formula is C25H24N2O3. The van der Waals surface area contributed by atoms with Crippen LogP contribution in [0, 0.1) is 6.92 Å². The number of aryl methyl sites for hydroxylation is 1. The van der Waals surface area contributed by atoms with Crippen LogP contribution >= 0.6 is 0 Å². The van der Waals surface area contributed by atoms with E-state index in [-0.39, 0.29) is 11.9 Å². The lowest BCUT2D eigenvalue weighted by molar-refractivity contribution is 0.00559. The lowest BCUT2D eigenvalue weighted by atomic mass is 10.0. The van der Waals surface area contributed by atoms with E-state index in [2.05, 4.69) is 35.3 Å². The molecule has 0 bridgehead atoms. The average Bonchev–Trinajstić information content (AvgIpc) is 3.09. The number of hydrogen-bond acceptors (Lipinski definition) is 4. The molecule has 0 N–H and O–H groups in total. The van der Waals surface area contributed by atoms with Crippen molar-refractivity contribution in [2.24, 2.45) is 0 Å². The van der Waals surface area contributed by atoms with Gasteiger partial charge in [-0.3, -0.25) is 9.55 Å². The quantitative estimate of drug-likeness (QED) is 0.472. The van der Waals surface area contributed by atoms with E-state index in [9.17, 15) is 4.79 Å². The van der Waals surface area contributed by atoms with Gasteiger partial charge in [-0.05, 0) is 61.1 Å². The summed E-state index contributed by atoms with van der Waals surface area (Å²) in [7, 11) is 0. The Morgan fingerprint density at radius 2 is 1.70 bits per heavy atom. The zero-order chi connectivity index (χ0) is 20.5. The third-order valence-electron chi connectivity index (χ3n) is 5.79. The van der Waals surface area contributed by atoms with Crippen LogP contribution in [-0.2, 0) is 11.3 Å². The highest BCUT2D eigenvalue weighted by atomic mass is 16.5. The molecule has 0 amide bonds. The summed E-state index contributed by atoms with van der Waals surface area (Å²) >= 11 is 0. The van der Waals surface area contributed by atoms with Crippen LogP contribution in [0.15, 0.2) is 70.0 Å². The third kappa shape index (κ3) is 3.68. The number of ether oxygens (including phenoxy) is 1. The number of oxazole rings is 1. The first kappa shape index (κ1) is 18.8. The Balaban J connectivity index is 1.46. The predicted molar refractivity (Wildman–Crippen MR) is 117 cm³/mol. The van der Waals surface area contributed by atoms with E-state index >= 15 is 0 Å². The van der Waals surface area contributed by atoms with Gasteiger partial charge in [-0.25, -0.2) is 4.79 Å². The summed E-state index contributed by atoms with van der Waals surface area (Å²) in [5, 5.41) is 0. The minimum Gasteiger partial charge on any atom is -0.408 e. The maximum absolute atomic E-state index is 12.4. The molecule has 1 unspecified atom stereocenters. The second-order valence-electron chi connectivity index (χ2n) is 7.92. The molecule has 1 aliphatic rings. The van der Waals surface area contributed by atoms with E-state index in [1.54, 1.807) is 4.57 Å². The van der Waals surface area contributed by atoms with Crippen molar-refractivity contribution >= 4 is 11.1 Å². The summed E-state index contributed by atoms with van der Waals surface area (Å²) in [6, 6.07) is 18.4. The summed E-state index contributed by atoms with van der Waals surface area (Å²) in [5.74, 6) is -0.321. The number of nitrogens with zero attached hydrogens (tertiary/aromatic N) is 2. The molecule has 1 atom stereocenters. The normalized spacial score (nSPS) is 16.8. The number of fused-ring (bicyclic) bond motifs is 1. The lowest BCUT2D eigenvalue weighted by Crippen LogP contribution is -2.28. The van der Waals surface area contributed by atoms with Crippen LogP contribution in [0.3, 0.4) is 0 Å². The first-order valence-electron chi connectivity index (χ1n) is 10.5. The predicted octanol–water partition coefficient (Wildman–Crippen LogP) is 5.20. The topological polar surface area (TPSA) is 57.3 Å². The van der Waals surface area contributed by atoms with Crippen LogP contribution in [0.5, 0.6) is 0 Å². The number of benzene rings is 2. The second-order valence-corrected chi connectivity index (χ2v) is 7.92. The summed E-state index contributed by atoms with van der Waals surface area (Å²) in [5.41, 5.74) is 6.81. The van der Waals surface area contributed by atoms with E-state index in [0.29, 0.717) is 12.1 Å². The van der Waals surface area contributed by atoms with E-state index < -0.39 is 0 Å². The highest BCUT2D eigenvalue weighted by Crippen LogP contribution is 2.27. The number of hydrogen-bond donors (Lipinski definition) is 0. The zero-order valence-electron chi connectivity index (χ0n) is 17.0. The van der Waals surface area contributed by atoms with Crippen molar-refractivity contribution in [1.29, 1.82) is 0 Å². The van der Waals surface area contributed by atoms with Gasteiger partial charge in [-0.2, -0.15) is 0 Å². The van der Waals surface area contributed by atoms with Crippen molar-refractivity contribution in [3.63, 3.8) is 0 Å². The Kier molecular flexibility index (Phi) is 4.97. The van der Waals surface area contributed by atoms with Crippen molar-refractivity contribution in [1.82, 2.24) is 9.55 Å². The van der Waals surface area contributed by atoms with Crippen LogP contribution in [0.25, 0.3) is 33.4 Å². The molecule has 5 rings (SSSR count). The zero-order valence-corrected chi connectivity index (χ0v) is 17.0. The molecule has 2 aromatic carbocycles. The molecule has 0 saturated carbocycles. The molecule has 152 valence electrons. The number of aromatic nitrogens is 2. The minimum absolute atomic E-state index is 0.0725. The monoisotopic (exact) mass is 400 g/mol. The Bertz CT molecular complexity index is 1210. The van der Waals surface area contributed by atoms with Crippen LogP contribution in [0.1, 0.15) is 25.0 Å². The Morgan fingerprint density at radius 1 is 0.967 bits per heavy atom.